The third-order valence-corrected chi connectivity index (χ3v) is 3.29. The molecule has 2 aromatic rings. The van der Waals surface area contributed by atoms with Crippen LogP contribution in [-0.4, -0.2) is 11.3 Å². The maximum atomic E-state index is 12.7. The number of rotatable bonds is 2. The fourth-order valence-corrected chi connectivity index (χ4v) is 2.06. The molecule has 0 aliphatic heterocycles. The Morgan fingerprint density at radius 3 is 1.96 bits per heavy atom. The van der Waals surface area contributed by atoms with Gasteiger partial charge in [-0.25, -0.2) is 0 Å². The lowest BCUT2D eigenvalue weighted by Crippen LogP contribution is -2.09. The highest BCUT2D eigenvalue weighted by molar-refractivity contribution is 5.45. The van der Waals surface area contributed by atoms with E-state index in [9.17, 15) is 31.4 Å². The molecule has 1 unspecified atom stereocenters. The van der Waals surface area contributed by atoms with Gasteiger partial charge in [-0.15, -0.1) is 0 Å². The van der Waals surface area contributed by atoms with Crippen molar-refractivity contribution in [3.05, 3.63) is 82.9 Å². The van der Waals surface area contributed by atoms with E-state index in [0.29, 0.717) is 17.7 Å². The highest BCUT2D eigenvalue weighted by atomic mass is 19.4. The van der Waals surface area contributed by atoms with Crippen molar-refractivity contribution in [2.24, 2.45) is 0 Å². The smallest absolute Gasteiger partial charge is 0.383 e. The van der Waals surface area contributed by atoms with E-state index in [2.05, 4.69) is 11.8 Å². The lowest BCUT2D eigenvalue weighted by molar-refractivity contribution is -0.137. The molecular weight excluding hydrogens is 358 g/mol. The molecule has 0 spiro atoms. The van der Waals surface area contributed by atoms with Gasteiger partial charge in [0.15, 0.2) is 0 Å². The van der Waals surface area contributed by atoms with Gasteiger partial charge in [0.25, 0.3) is 0 Å². The Bertz CT molecular complexity index is 821. The molecule has 136 valence electrons. The molecule has 0 saturated heterocycles. The number of benzene rings is 2. The van der Waals surface area contributed by atoms with Gasteiger partial charge in [-0.1, -0.05) is 42.2 Å². The van der Waals surface area contributed by atoms with E-state index in [0.717, 1.165) is 12.1 Å². The van der Waals surface area contributed by atoms with Crippen LogP contribution in [-0.2, 0) is 6.18 Å². The molecule has 0 amide bonds. The molecule has 0 radical (unpaired) electrons. The van der Waals surface area contributed by atoms with E-state index < -0.39 is 29.6 Å². The molecule has 2 rings (SSSR count). The Labute approximate surface area is 145 Å². The van der Waals surface area contributed by atoms with E-state index >= 15 is 0 Å². The predicted molar refractivity (Wildman–Crippen MR) is 83.9 cm³/mol. The minimum Gasteiger partial charge on any atom is -0.383 e. The Balaban J connectivity index is 2.37. The van der Waals surface area contributed by atoms with Crippen LogP contribution in [0, 0.1) is 11.8 Å². The molecule has 0 heterocycles. The number of hydrogen-bond donors (Lipinski definition) is 1. The second-order valence-electron chi connectivity index (χ2n) is 5.28. The third-order valence-electron chi connectivity index (χ3n) is 3.29. The molecule has 0 aliphatic carbocycles. The van der Waals surface area contributed by atoms with Gasteiger partial charge >= 0.3 is 12.4 Å². The van der Waals surface area contributed by atoms with Crippen LogP contribution in [0.4, 0.5) is 26.3 Å². The van der Waals surface area contributed by atoms with Crippen LogP contribution in [0.25, 0.3) is 0 Å². The van der Waals surface area contributed by atoms with Gasteiger partial charge in [0.1, 0.15) is 6.10 Å². The zero-order valence-electron chi connectivity index (χ0n) is 13.1. The summed E-state index contributed by atoms with van der Waals surface area (Å²) < 4.78 is 75.9. The predicted octanol–water partition coefficient (Wildman–Crippen LogP) is 5.28. The first-order chi connectivity index (χ1) is 12.1. The Morgan fingerprint density at radius 1 is 0.885 bits per heavy atom. The lowest BCUT2D eigenvalue weighted by Gasteiger charge is -2.13. The van der Waals surface area contributed by atoms with Crippen molar-refractivity contribution in [1.29, 1.82) is 0 Å². The number of aliphatic hydroxyl groups is 1. The first kappa shape index (κ1) is 19.6. The summed E-state index contributed by atoms with van der Waals surface area (Å²) in [4.78, 5) is 0. The van der Waals surface area contributed by atoms with Crippen LogP contribution in [0.2, 0.25) is 0 Å². The van der Waals surface area contributed by atoms with Gasteiger partial charge in [0.2, 0.25) is 0 Å². The summed E-state index contributed by atoms with van der Waals surface area (Å²) in [5.41, 5.74) is -1.33. The summed E-state index contributed by atoms with van der Waals surface area (Å²) in [5, 5.41) is 10.2. The molecule has 0 bridgehead atoms. The lowest BCUT2D eigenvalue weighted by atomic mass is 9.99. The largest absolute Gasteiger partial charge is 0.416 e. The topological polar surface area (TPSA) is 20.2 Å². The highest BCUT2D eigenvalue weighted by Crippen LogP contribution is 2.32. The summed E-state index contributed by atoms with van der Waals surface area (Å²) in [5.74, 6) is 4.75. The van der Waals surface area contributed by atoms with E-state index in [1.165, 1.54) is 0 Å². The summed E-state index contributed by atoms with van der Waals surface area (Å²) in [6.07, 6.45) is -11.3. The van der Waals surface area contributed by atoms with Crippen molar-refractivity contribution in [2.45, 2.75) is 18.5 Å². The molecule has 2 aromatic carbocycles. The van der Waals surface area contributed by atoms with Crippen molar-refractivity contribution >= 4 is 0 Å². The second kappa shape index (κ2) is 7.67. The van der Waals surface area contributed by atoms with Crippen molar-refractivity contribution in [3.63, 3.8) is 0 Å². The third kappa shape index (κ3) is 5.67. The van der Waals surface area contributed by atoms with E-state index in [1.54, 1.807) is 30.3 Å². The Morgan fingerprint density at radius 2 is 1.46 bits per heavy atom. The highest BCUT2D eigenvalue weighted by Gasteiger charge is 2.31. The van der Waals surface area contributed by atoms with E-state index in [4.69, 9.17) is 0 Å². The van der Waals surface area contributed by atoms with Crippen LogP contribution >= 0.6 is 0 Å². The Hall–Kier alpha value is -2.72. The Kier molecular flexibility index (Phi) is 5.78. The summed E-state index contributed by atoms with van der Waals surface area (Å²) in [6, 6.07) is 11.3. The number of alkyl halides is 6. The van der Waals surface area contributed by atoms with Crippen molar-refractivity contribution in [3.8, 4) is 11.8 Å². The molecule has 1 atom stereocenters. The van der Waals surface area contributed by atoms with Gasteiger partial charge in [0.05, 0.1) is 5.56 Å². The molecule has 0 aromatic heterocycles. The van der Waals surface area contributed by atoms with Crippen LogP contribution in [0.3, 0.4) is 0 Å². The number of aliphatic hydroxyl groups excluding tert-OH is 1. The number of allylic oxidation sites excluding steroid dienone is 1. The van der Waals surface area contributed by atoms with Gasteiger partial charge in [-0.2, -0.15) is 26.3 Å². The van der Waals surface area contributed by atoms with E-state index in [1.807, 2.05) is 0 Å². The number of hydrogen-bond acceptors (Lipinski definition) is 1. The maximum absolute atomic E-state index is 12.7. The number of halogens is 6. The summed E-state index contributed by atoms with van der Waals surface area (Å²) in [7, 11) is 0. The molecular formula is C19H12F6O. The first-order valence-electron chi connectivity index (χ1n) is 7.28. The van der Waals surface area contributed by atoms with Crippen molar-refractivity contribution < 1.29 is 31.4 Å². The van der Waals surface area contributed by atoms with E-state index in [-0.39, 0.29) is 11.6 Å². The van der Waals surface area contributed by atoms with Gasteiger partial charge in [0, 0.05) is 17.2 Å². The van der Waals surface area contributed by atoms with Crippen LogP contribution in [0.5, 0.6) is 0 Å². The molecule has 7 heteroatoms. The first-order valence-corrected chi connectivity index (χ1v) is 7.28. The maximum Gasteiger partial charge on any atom is 0.416 e. The fraction of sp³-hybridized carbons (Fsp3) is 0.158. The van der Waals surface area contributed by atoms with Crippen LogP contribution in [0.1, 0.15) is 22.8 Å². The molecule has 1 nitrogen and oxygen atoms in total. The average Bonchev–Trinajstić information content (AvgIpc) is 2.57. The molecule has 26 heavy (non-hydrogen) atoms. The van der Waals surface area contributed by atoms with Crippen LogP contribution < -0.4 is 0 Å². The molecule has 0 aliphatic rings. The normalized spacial score (nSPS) is 13.7. The van der Waals surface area contributed by atoms with Gasteiger partial charge in [-0.3, -0.25) is 0 Å². The zero-order chi connectivity index (χ0) is 19.4. The minimum absolute atomic E-state index is 0.129. The SMILES string of the molecule is OC(/C(C#Cc1ccccc1)=C/C(F)(F)F)c1ccc(C(F)(F)F)cc1. The molecule has 1 N–H and O–H groups in total. The second-order valence-corrected chi connectivity index (χ2v) is 5.28. The van der Waals surface area contributed by atoms with Crippen LogP contribution in [0.15, 0.2) is 66.2 Å². The van der Waals surface area contributed by atoms with Crippen molar-refractivity contribution in [1.82, 2.24) is 0 Å². The zero-order valence-corrected chi connectivity index (χ0v) is 13.1. The average molecular weight is 370 g/mol. The molecule has 0 fully saturated rings. The minimum atomic E-state index is -4.74. The monoisotopic (exact) mass is 370 g/mol. The quantitative estimate of drug-likeness (QED) is 0.563. The molecule has 0 saturated carbocycles. The fourth-order valence-electron chi connectivity index (χ4n) is 2.06. The van der Waals surface area contributed by atoms with Gasteiger partial charge < -0.3 is 5.11 Å². The standard InChI is InChI=1S/C19H12F6O/c20-18(21,22)12-15(7-6-13-4-2-1-3-5-13)17(26)14-8-10-16(11-9-14)19(23,24)25/h1-5,8-12,17,26H/b15-12+. The summed E-state index contributed by atoms with van der Waals surface area (Å²) >= 11 is 0. The summed E-state index contributed by atoms with van der Waals surface area (Å²) in [6.45, 7) is 0. The van der Waals surface area contributed by atoms with Gasteiger partial charge in [-0.05, 0) is 29.8 Å². The van der Waals surface area contributed by atoms with Crippen molar-refractivity contribution in [2.75, 3.05) is 0 Å².